The molecule has 9 aromatic carbocycles. The third-order valence-electron chi connectivity index (χ3n) is 9.99. The summed E-state index contributed by atoms with van der Waals surface area (Å²) >= 11 is 0. The monoisotopic (exact) mass is 556 g/mol. The van der Waals surface area contributed by atoms with Gasteiger partial charge in [-0.25, -0.2) is 0 Å². The molecule has 2 nitrogen and oxygen atoms in total. The SMILES string of the molecule is c1ccc2cc(-n3c4ccccc4c4c5cccc6c7cccc8c9c(cc(c(cc43)c65)c78)[nH]c3ccccc39)ccc2c1. The quantitative estimate of drug-likeness (QED) is 0.153. The molecule has 0 unspecified atom stereocenters. The van der Waals surface area contributed by atoms with E-state index in [0.717, 1.165) is 0 Å². The van der Waals surface area contributed by atoms with Crippen LogP contribution in [0.2, 0.25) is 0 Å². The Morgan fingerprint density at radius 1 is 0.341 bits per heavy atom. The van der Waals surface area contributed by atoms with Gasteiger partial charge in [0.1, 0.15) is 0 Å². The van der Waals surface area contributed by atoms with Crippen LogP contribution in [0.25, 0.3) is 103 Å². The lowest BCUT2D eigenvalue weighted by Gasteiger charge is -2.17. The molecule has 0 aliphatic carbocycles. The minimum absolute atomic E-state index is 1.18. The van der Waals surface area contributed by atoms with Gasteiger partial charge in [-0.15, -0.1) is 0 Å². The van der Waals surface area contributed by atoms with Crippen molar-refractivity contribution in [3.8, 4) is 5.69 Å². The average molecular weight is 557 g/mol. The predicted octanol–water partition coefficient (Wildman–Crippen LogP) is 11.6. The van der Waals surface area contributed by atoms with Gasteiger partial charge in [-0.05, 0) is 90.3 Å². The molecule has 1 N–H and O–H groups in total. The number of nitrogens with one attached hydrogen (secondary N) is 1. The summed E-state index contributed by atoms with van der Waals surface area (Å²) in [5, 5.41) is 18.3. The second kappa shape index (κ2) is 7.94. The molecule has 0 atom stereocenters. The molecule has 0 radical (unpaired) electrons. The average Bonchev–Trinajstić information content (AvgIpc) is 3.62. The molecule has 0 fully saturated rings. The van der Waals surface area contributed by atoms with Gasteiger partial charge in [-0.2, -0.15) is 0 Å². The van der Waals surface area contributed by atoms with Crippen LogP contribution in [0.5, 0.6) is 0 Å². The van der Waals surface area contributed by atoms with Gasteiger partial charge in [0.05, 0.1) is 11.0 Å². The van der Waals surface area contributed by atoms with Crippen LogP contribution in [-0.4, -0.2) is 9.55 Å². The Morgan fingerprint density at radius 3 is 1.82 bits per heavy atom. The maximum absolute atomic E-state index is 3.75. The van der Waals surface area contributed by atoms with Crippen molar-refractivity contribution >= 4 is 97.5 Å². The first kappa shape index (κ1) is 22.7. The Kier molecular flexibility index (Phi) is 4.10. The molecule has 11 rings (SSSR count). The fraction of sp³-hybridized carbons (Fsp3) is 0. The van der Waals surface area contributed by atoms with Crippen molar-refractivity contribution < 1.29 is 0 Å². The van der Waals surface area contributed by atoms with Gasteiger partial charge < -0.3 is 9.55 Å². The standard InChI is InChI=1S/C42H24N2/c1-2-10-25-21-26(20-19-24(25)9-1)44-37-18-6-4-12-30(37)42-32-16-8-14-28-27-13-7-15-31-39(27)33(34(40(28)32)23-38(42)44)22-36-41(31)29-11-3-5-17-35(29)43-36/h1-23,43H. The van der Waals surface area contributed by atoms with Gasteiger partial charge in [0.25, 0.3) is 0 Å². The van der Waals surface area contributed by atoms with E-state index < -0.39 is 0 Å². The molecule has 2 heterocycles. The van der Waals surface area contributed by atoms with Crippen molar-refractivity contribution in [2.45, 2.75) is 0 Å². The first-order chi connectivity index (χ1) is 21.8. The maximum atomic E-state index is 3.75. The fourth-order valence-corrected chi connectivity index (χ4v) is 8.24. The van der Waals surface area contributed by atoms with E-state index in [4.69, 9.17) is 0 Å². The molecule has 2 aromatic heterocycles. The molecule has 0 aliphatic rings. The summed E-state index contributed by atoms with van der Waals surface area (Å²) < 4.78 is 2.47. The number of benzene rings is 9. The highest BCUT2D eigenvalue weighted by molar-refractivity contribution is 6.41. The van der Waals surface area contributed by atoms with E-state index in [-0.39, 0.29) is 0 Å². The number of aromatic nitrogens is 2. The third-order valence-corrected chi connectivity index (χ3v) is 9.99. The minimum Gasteiger partial charge on any atom is -0.354 e. The molecule has 0 bridgehead atoms. The van der Waals surface area contributed by atoms with Crippen molar-refractivity contribution in [2.75, 3.05) is 0 Å². The molecule has 0 saturated heterocycles. The van der Waals surface area contributed by atoms with Gasteiger partial charge in [0.15, 0.2) is 0 Å². The van der Waals surface area contributed by atoms with Crippen LogP contribution in [0.3, 0.4) is 0 Å². The van der Waals surface area contributed by atoms with Crippen LogP contribution >= 0.6 is 0 Å². The van der Waals surface area contributed by atoms with Crippen molar-refractivity contribution in [3.63, 3.8) is 0 Å². The fourth-order valence-electron chi connectivity index (χ4n) is 8.24. The highest BCUT2D eigenvalue weighted by atomic mass is 15.0. The van der Waals surface area contributed by atoms with E-state index in [0.29, 0.717) is 0 Å². The summed E-state index contributed by atoms with van der Waals surface area (Å²) in [6, 6.07) is 51.7. The number of hydrogen-bond donors (Lipinski definition) is 1. The zero-order chi connectivity index (χ0) is 28.5. The normalized spacial score (nSPS) is 12.5. The number of fused-ring (bicyclic) bond motifs is 11. The lowest BCUT2D eigenvalue weighted by Crippen LogP contribution is -1.94. The molecule has 202 valence electrons. The first-order valence-electron chi connectivity index (χ1n) is 15.3. The molecule has 44 heavy (non-hydrogen) atoms. The number of nitrogens with zero attached hydrogens (tertiary/aromatic N) is 1. The third kappa shape index (κ3) is 2.72. The van der Waals surface area contributed by atoms with Crippen molar-refractivity contribution in [2.24, 2.45) is 0 Å². The van der Waals surface area contributed by atoms with Crippen LogP contribution in [0.4, 0.5) is 0 Å². The lowest BCUT2D eigenvalue weighted by molar-refractivity contribution is 1.19. The molecular formula is C42H24N2. The summed E-state index contributed by atoms with van der Waals surface area (Å²) in [6.45, 7) is 0. The smallest absolute Gasteiger partial charge is 0.0553 e. The molecule has 2 heteroatoms. The number of H-pyrrole nitrogens is 1. The van der Waals surface area contributed by atoms with Crippen LogP contribution in [0.15, 0.2) is 140 Å². The molecule has 0 amide bonds. The second-order valence-electron chi connectivity index (χ2n) is 12.2. The summed E-state index contributed by atoms with van der Waals surface area (Å²) in [6.07, 6.45) is 0. The number of rotatable bonds is 1. The van der Waals surface area contributed by atoms with E-state index >= 15 is 0 Å². The first-order valence-corrected chi connectivity index (χ1v) is 15.3. The highest BCUT2D eigenvalue weighted by Crippen LogP contribution is 2.47. The van der Waals surface area contributed by atoms with E-state index in [2.05, 4.69) is 149 Å². The topological polar surface area (TPSA) is 20.7 Å². The molecule has 11 aromatic rings. The van der Waals surface area contributed by atoms with E-state index in [1.807, 2.05) is 0 Å². The van der Waals surface area contributed by atoms with Crippen molar-refractivity contribution in [3.05, 3.63) is 140 Å². The molecule has 0 aliphatic heterocycles. The Bertz CT molecular complexity index is 2990. The largest absolute Gasteiger partial charge is 0.354 e. The van der Waals surface area contributed by atoms with Gasteiger partial charge in [-0.1, -0.05) is 103 Å². The van der Waals surface area contributed by atoms with E-state index in [1.165, 1.54) is 103 Å². The highest BCUT2D eigenvalue weighted by Gasteiger charge is 2.21. The summed E-state index contributed by atoms with van der Waals surface area (Å²) in [4.78, 5) is 3.75. The zero-order valence-corrected chi connectivity index (χ0v) is 23.7. The zero-order valence-electron chi connectivity index (χ0n) is 23.7. The van der Waals surface area contributed by atoms with Gasteiger partial charge in [-0.3, -0.25) is 0 Å². The van der Waals surface area contributed by atoms with Crippen LogP contribution < -0.4 is 0 Å². The van der Waals surface area contributed by atoms with Gasteiger partial charge in [0.2, 0.25) is 0 Å². The maximum Gasteiger partial charge on any atom is 0.0553 e. The Morgan fingerprint density at radius 2 is 0.977 bits per heavy atom. The van der Waals surface area contributed by atoms with Crippen molar-refractivity contribution in [1.82, 2.24) is 9.55 Å². The number of aromatic amines is 1. The molecular weight excluding hydrogens is 532 g/mol. The number of para-hydroxylation sites is 2. The van der Waals surface area contributed by atoms with Crippen LogP contribution in [-0.2, 0) is 0 Å². The Balaban J connectivity index is 1.40. The number of hydrogen-bond acceptors (Lipinski definition) is 0. The summed E-state index contributed by atoms with van der Waals surface area (Å²) in [5.41, 5.74) is 6.03. The Labute approximate surface area is 251 Å². The Hall–Kier alpha value is -5.86. The van der Waals surface area contributed by atoms with Gasteiger partial charge >= 0.3 is 0 Å². The summed E-state index contributed by atoms with van der Waals surface area (Å²) in [7, 11) is 0. The molecule has 0 saturated carbocycles. The second-order valence-corrected chi connectivity index (χ2v) is 12.2. The van der Waals surface area contributed by atoms with Gasteiger partial charge in [0, 0.05) is 38.3 Å². The minimum atomic E-state index is 1.18. The molecule has 0 spiro atoms. The van der Waals surface area contributed by atoms with Crippen molar-refractivity contribution in [1.29, 1.82) is 0 Å². The van der Waals surface area contributed by atoms with Crippen LogP contribution in [0, 0.1) is 0 Å². The van der Waals surface area contributed by atoms with Crippen LogP contribution in [0.1, 0.15) is 0 Å². The lowest BCUT2D eigenvalue weighted by atomic mass is 9.87. The van der Waals surface area contributed by atoms with E-state index in [9.17, 15) is 0 Å². The summed E-state index contributed by atoms with van der Waals surface area (Å²) in [5.74, 6) is 0. The van der Waals surface area contributed by atoms with E-state index in [1.54, 1.807) is 0 Å². The predicted molar refractivity (Wildman–Crippen MR) is 189 cm³/mol.